The summed E-state index contributed by atoms with van der Waals surface area (Å²) in [5.74, 6) is 0.672. The Hall–Kier alpha value is -4.67. The van der Waals surface area contributed by atoms with Crippen molar-refractivity contribution >= 4 is 34.5 Å². The first kappa shape index (κ1) is 23.1. The van der Waals surface area contributed by atoms with Crippen LogP contribution in [0.5, 0.6) is 5.75 Å². The summed E-state index contributed by atoms with van der Waals surface area (Å²) >= 11 is 0. The highest BCUT2D eigenvalue weighted by Gasteiger charge is 2.23. The summed E-state index contributed by atoms with van der Waals surface area (Å²) < 4.78 is 25.7. The van der Waals surface area contributed by atoms with Crippen LogP contribution in [0.1, 0.15) is 11.1 Å². The number of rotatable bonds is 5. The van der Waals surface area contributed by atoms with E-state index in [0.29, 0.717) is 24.8 Å². The van der Waals surface area contributed by atoms with Gasteiger partial charge in [-0.05, 0) is 48.9 Å². The number of aromatic nitrogens is 3. The maximum Gasteiger partial charge on any atom is 0.412 e. The van der Waals surface area contributed by atoms with Crippen LogP contribution in [0.3, 0.4) is 0 Å². The van der Waals surface area contributed by atoms with Gasteiger partial charge in [0.2, 0.25) is 0 Å². The summed E-state index contributed by atoms with van der Waals surface area (Å²) in [7, 11) is 2.72. The van der Waals surface area contributed by atoms with Crippen molar-refractivity contribution in [2.24, 2.45) is 5.16 Å². The van der Waals surface area contributed by atoms with Gasteiger partial charge in [-0.3, -0.25) is 9.88 Å². The number of anilines is 2. The summed E-state index contributed by atoms with van der Waals surface area (Å²) in [6.07, 6.45) is 2.75. The zero-order valence-corrected chi connectivity index (χ0v) is 19.9. The number of imidazole rings is 1. The average molecular weight is 490 g/mol. The second-order valence-corrected chi connectivity index (χ2v) is 8.01. The van der Waals surface area contributed by atoms with Crippen LogP contribution in [-0.4, -0.2) is 53.8 Å². The molecule has 1 amide bonds. The van der Waals surface area contributed by atoms with E-state index in [2.05, 4.69) is 25.2 Å². The minimum Gasteiger partial charge on any atom is -0.494 e. The van der Waals surface area contributed by atoms with Crippen molar-refractivity contribution in [1.82, 2.24) is 14.5 Å². The van der Waals surface area contributed by atoms with E-state index in [1.807, 2.05) is 34.6 Å². The molecule has 0 saturated carbocycles. The Morgan fingerprint density at radius 1 is 1.11 bits per heavy atom. The normalized spacial score (nSPS) is 13.2. The molecule has 0 spiro atoms. The highest BCUT2D eigenvalue weighted by molar-refractivity contribution is 6.11. The van der Waals surface area contributed by atoms with Crippen LogP contribution in [0.15, 0.2) is 60.1 Å². The monoisotopic (exact) mass is 490 g/mol. The number of halogens is 1. The number of fused-ring (bicyclic) bond motifs is 1. The van der Waals surface area contributed by atoms with E-state index in [1.54, 1.807) is 30.7 Å². The molecule has 4 aromatic rings. The fraction of sp³-hybridized carbons (Fsp3) is 0.200. The van der Waals surface area contributed by atoms with Gasteiger partial charge >= 0.3 is 6.09 Å². The second kappa shape index (κ2) is 9.53. The summed E-state index contributed by atoms with van der Waals surface area (Å²) in [5.41, 5.74) is 4.91. The fourth-order valence-corrected chi connectivity index (χ4v) is 4.05. The summed E-state index contributed by atoms with van der Waals surface area (Å²) in [6.45, 7) is 2.89. The number of carbonyl (C=O) groups is 1. The van der Waals surface area contributed by atoms with Gasteiger partial charge in [-0.15, -0.1) is 0 Å². The Morgan fingerprint density at radius 3 is 2.69 bits per heavy atom. The van der Waals surface area contributed by atoms with Crippen molar-refractivity contribution in [2.75, 3.05) is 37.6 Å². The maximum absolute atomic E-state index is 14.0. The van der Waals surface area contributed by atoms with Crippen LogP contribution in [0.4, 0.5) is 20.7 Å². The molecule has 11 heteroatoms. The number of nitrogens with one attached hydrogen (secondary N) is 1. The first-order chi connectivity index (χ1) is 17.5. The third-order valence-corrected chi connectivity index (χ3v) is 5.80. The average Bonchev–Trinajstić information content (AvgIpc) is 3.34. The molecule has 0 bridgehead atoms. The van der Waals surface area contributed by atoms with Crippen molar-refractivity contribution < 1.29 is 23.5 Å². The van der Waals surface area contributed by atoms with Gasteiger partial charge in [0.25, 0.3) is 0 Å². The zero-order chi connectivity index (χ0) is 25.2. The predicted molar refractivity (Wildman–Crippen MR) is 132 cm³/mol. The number of ether oxygens (including phenoxy) is 2. The molecule has 0 unspecified atom stereocenters. The molecule has 184 valence electrons. The van der Waals surface area contributed by atoms with Crippen LogP contribution in [-0.2, 0) is 9.57 Å². The number of hydrogen-bond acceptors (Lipinski definition) is 8. The van der Waals surface area contributed by atoms with Gasteiger partial charge in [0.15, 0.2) is 17.4 Å². The summed E-state index contributed by atoms with van der Waals surface area (Å²) in [6, 6.07) is 12.2. The molecule has 0 aliphatic carbocycles. The number of methoxy groups -OCH3 is 2. The lowest BCUT2D eigenvalue weighted by Crippen LogP contribution is -2.38. The van der Waals surface area contributed by atoms with E-state index in [1.165, 1.54) is 20.3 Å². The maximum atomic E-state index is 14.0. The SMILES string of the molecule is COC(=O)Nc1ccc(-n2cnc3c(C)cc(C4=NOCCN4c4ccc(F)c(OC)c4)cc32)cn1. The number of benzene rings is 2. The van der Waals surface area contributed by atoms with Gasteiger partial charge in [-0.25, -0.2) is 19.2 Å². The summed E-state index contributed by atoms with van der Waals surface area (Å²) in [4.78, 5) is 27.7. The van der Waals surface area contributed by atoms with E-state index in [0.717, 1.165) is 33.5 Å². The minimum absolute atomic E-state index is 0.153. The highest BCUT2D eigenvalue weighted by Crippen LogP contribution is 2.29. The van der Waals surface area contributed by atoms with Crippen LogP contribution in [0.25, 0.3) is 16.7 Å². The third kappa shape index (κ3) is 4.26. The fourth-order valence-electron chi connectivity index (χ4n) is 4.05. The molecular formula is C25H23FN6O4. The lowest BCUT2D eigenvalue weighted by atomic mass is 10.1. The topological polar surface area (TPSA) is 103 Å². The Kier molecular flexibility index (Phi) is 6.11. The van der Waals surface area contributed by atoms with Crippen molar-refractivity contribution in [3.8, 4) is 11.4 Å². The molecule has 1 N–H and O–H groups in total. The van der Waals surface area contributed by atoms with E-state index in [4.69, 9.17) is 9.57 Å². The zero-order valence-electron chi connectivity index (χ0n) is 19.9. The molecule has 0 saturated heterocycles. The highest BCUT2D eigenvalue weighted by atomic mass is 19.1. The molecule has 36 heavy (non-hydrogen) atoms. The molecule has 1 aliphatic heterocycles. The van der Waals surface area contributed by atoms with E-state index in [9.17, 15) is 9.18 Å². The Morgan fingerprint density at radius 2 is 1.94 bits per heavy atom. The number of amides is 1. The van der Waals surface area contributed by atoms with E-state index in [-0.39, 0.29) is 5.75 Å². The molecule has 3 heterocycles. The Bertz CT molecular complexity index is 1470. The molecule has 0 atom stereocenters. The van der Waals surface area contributed by atoms with Crippen LogP contribution >= 0.6 is 0 Å². The van der Waals surface area contributed by atoms with E-state index < -0.39 is 11.9 Å². The standard InChI is InChI=1S/C25H23FN6O4/c1-15-10-16(24-30-36-9-8-31(24)17-4-6-19(26)21(12-17)34-2)11-20-23(15)28-14-32(20)18-5-7-22(27-13-18)29-25(33)35-3/h4-7,10-14H,8-9H2,1-3H3,(H,27,29,33). The lowest BCUT2D eigenvalue weighted by Gasteiger charge is -2.29. The van der Waals surface area contributed by atoms with Gasteiger partial charge < -0.3 is 19.2 Å². The first-order valence-corrected chi connectivity index (χ1v) is 11.1. The minimum atomic E-state index is -0.595. The van der Waals surface area contributed by atoms with Crippen molar-refractivity contribution in [2.45, 2.75) is 6.92 Å². The lowest BCUT2D eigenvalue weighted by molar-refractivity contribution is 0.142. The van der Waals surface area contributed by atoms with E-state index >= 15 is 0 Å². The van der Waals surface area contributed by atoms with Gasteiger partial charge in [-0.1, -0.05) is 5.16 Å². The molecule has 2 aromatic carbocycles. The van der Waals surface area contributed by atoms with Crippen molar-refractivity contribution in [3.05, 3.63) is 71.9 Å². The van der Waals surface area contributed by atoms with Crippen molar-refractivity contribution in [3.63, 3.8) is 0 Å². The predicted octanol–water partition coefficient (Wildman–Crippen LogP) is 4.25. The first-order valence-electron chi connectivity index (χ1n) is 11.1. The molecule has 0 fully saturated rings. The number of amidine groups is 1. The van der Waals surface area contributed by atoms with Crippen LogP contribution in [0.2, 0.25) is 0 Å². The number of nitrogens with zero attached hydrogens (tertiary/aromatic N) is 5. The molecular weight excluding hydrogens is 467 g/mol. The Balaban J connectivity index is 1.54. The molecule has 5 rings (SSSR count). The smallest absolute Gasteiger partial charge is 0.412 e. The van der Waals surface area contributed by atoms with Gasteiger partial charge in [0.1, 0.15) is 18.8 Å². The molecule has 1 aliphatic rings. The van der Waals surface area contributed by atoms with Crippen molar-refractivity contribution in [1.29, 1.82) is 0 Å². The number of hydrogen-bond donors (Lipinski definition) is 1. The molecule has 2 aromatic heterocycles. The van der Waals surface area contributed by atoms with Crippen LogP contribution < -0.4 is 15.0 Å². The number of aryl methyl sites for hydroxylation is 1. The van der Waals surface area contributed by atoms with Crippen LogP contribution in [0, 0.1) is 12.7 Å². The quantitative estimate of drug-likeness (QED) is 0.446. The number of oxime groups is 1. The largest absolute Gasteiger partial charge is 0.494 e. The third-order valence-electron chi connectivity index (χ3n) is 5.80. The second-order valence-electron chi connectivity index (χ2n) is 8.01. The molecule has 0 radical (unpaired) electrons. The number of carbonyl (C=O) groups excluding carboxylic acids is 1. The summed E-state index contributed by atoms with van der Waals surface area (Å²) in [5, 5.41) is 6.86. The van der Waals surface area contributed by atoms with Gasteiger partial charge in [0, 0.05) is 17.3 Å². The number of pyridine rings is 1. The molecule has 10 nitrogen and oxygen atoms in total. The van der Waals surface area contributed by atoms with Gasteiger partial charge in [-0.2, -0.15) is 0 Å². The van der Waals surface area contributed by atoms with Gasteiger partial charge in [0.05, 0.1) is 43.7 Å². The Labute approximate surface area is 205 Å².